The van der Waals surface area contributed by atoms with Crippen molar-refractivity contribution in [1.82, 2.24) is 5.32 Å². The highest BCUT2D eigenvalue weighted by molar-refractivity contribution is 8.00. The summed E-state index contributed by atoms with van der Waals surface area (Å²) in [5.74, 6) is -1.40. The van der Waals surface area contributed by atoms with E-state index < -0.39 is 11.7 Å². The Kier molecular flexibility index (Phi) is 6.37. The Balaban J connectivity index is 1.95. The third-order valence-electron chi connectivity index (χ3n) is 3.16. The second-order valence-corrected chi connectivity index (χ2v) is 6.84. The van der Waals surface area contributed by atoms with Gasteiger partial charge in [0.25, 0.3) is 5.91 Å². The Labute approximate surface area is 144 Å². The fraction of sp³-hybridized carbons (Fsp3) is 0.222. The third-order valence-corrected chi connectivity index (χ3v) is 4.28. The van der Waals surface area contributed by atoms with Gasteiger partial charge in [-0.25, -0.2) is 4.39 Å². The summed E-state index contributed by atoms with van der Waals surface area (Å²) in [4.78, 5) is 24.4. The van der Waals surface area contributed by atoms with E-state index in [1.165, 1.54) is 25.1 Å². The van der Waals surface area contributed by atoms with Crippen LogP contribution in [-0.4, -0.2) is 23.6 Å². The van der Waals surface area contributed by atoms with Gasteiger partial charge in [0.1, 0.15) is 5.82 Å². The number of thioether (sulfide) groups is 1. The highest BCUT2D eigenvalue weighted by Gasteiger charge is 2.14. The van der Waals surface area contributed by atoms with Crippen molar-refractivity contribution in [3.63, 3.8) is 0 Å². The maximum atomic E-state index is 13.9. The lowest BCUT2D eigenvalue weighted by Crippen LogP contribution is -2.30. The Morgan fingerprint density at radius 1 is 1.17 bits per heavy atom. The third kappa shape index (κ3) is 5.38. The molecule has 0 aromatic heterocycles. The zero-order chi connectivity index (χ0) is 17.5. The summed E-state index contributed by atoms with van der Waals surface area (Å²) in [7, 11) is 0. The van der Waals surface area contributed by atoms with Crippen molar-refractivity contribution < 1.29 is 14.0 Å². The van der Waals surface area contributed by atoms with Gasteiger partial charge < -0.3 is 10.6 Å². The van der Waals surface area contributed by atoms with E-state index in [9.17, 15) is 14.0 Å². The van der Waals surface area contributed by atoms with Gasteiger partial charge in [-0.3, -0.25) is 9.59 Å². The Morgan fingerprint density at radius 2 is 1.88 bits per heavy atom. The molecule has 0 bridgehead atoms. The first-order valence-corrected chi connectivity index (χ1v) is 8.40. The largest absolute Gasteiger partial charge is 0.351 e. The molecule has 2 rings (SSSR count). The molecule has 0 saturated carbocycles. The number of amides is 2. The van der Waals surface area contributed by atoms with E-state index in [-0.39, 0.29) is 16.7 Å². The Morgan fingerprint density at radius 3 is 2.54 bits per heavy atom. The second kappa shape index (κ2) is 8.49. The summed E-state index contributed by atoms with van der Waals surface area (Å²) in [5.41, 5.74) is 0.305. The van der Waals surface area contributed by atoms with E-state index in [0.29, 0.717) is 12.2 Å². The van der Waals surface area contributed by atoms with Gasteiger partial charge in [0.15, 0.2) is 0 Å². The van der Waals surface area contributed by atoms with Crippen LogP contribution >= 0.6 is 11.8 Å². The van der Waals surface area contributed by atoms with Crippen LogP contribution in [0.2, 0.25) is 0 Å². The quantitative estimate of drug-likeness (QED) is 0.784. The molecule has 4 nitrogen and oxygen atoms in total. The number of hydrogen-bond donors (Lipinski definition) is 2. The summed E-state index contributed by atoms with van der Waals surface area (Å²) in [5, 5.41) is 5.40. The van der Waals surface area contributed by atoms with Gasteiger partial charge in [0.2, 0.25) is 5.91 Å². The van der Waals surface area contributed by atoms with Crippen LogP contribution in [0, 0.1) is 5.82 Å². The van der Waals surface area contributed by atoms with Crippen molar-refractivity contribution in [3.05, 3.63) is 59.9 Å². The number of carbonyl (C=O) groups is 2. The molecule has 6 heteroatoms. The van der Waals surface area contributed by atoms with Gasteiger partial charge in [-0.1, -0.05) is 25.1 Å². The number of rotatable bonds is 6. The molecule has 0 aliphatic rings. The summed E-state index contributed by atoms with van der Waals surface area (Å²) in [6, 6.07) is 13.8. The monoisotopic (exact) mass is 346 g/mol. The van der Waals surface area contributed by atoms with Crippen molar-refractivity contribution in [2.75, 3.05) is 11.9 Å². The van der Waals surface area contributed by atoms with E-state index in [1.807, 2.05) is 37.3 Å². The molecule has 1 unspecified atom stereocenters. The molecule has 2 aromatic rings. The second-order valence-electron chi connectivity index (χ2n) is 5.33. The molecule has 2 N–H and O–H groups in total. The molecule has 0 saturated heterocycles. The number of anilines is 1. The summed E-state index contributed by atoms with van der Waals surface area (Å²) in [6.07, 6.45) is 0. The normalized spacial score (nSPS) is 11.6. The van der Waals surface area contributed by atoms with Gasteiger partial charge in [0, 0.05) is 29.3 Å². The lowest BCUT2D eigenvalue weighted by molar-refractivity contribution is -0.114. The van der Waals surface area contributed by atoms with Crippen molar-refractivity contribution in [2.45, 2.75) is 24.0 Å². The fourth-order valence-corrected chi connectivity index (χ4v) is 3.03. The minimum absolute atomic E-state index is 0.0850. The first-order valence-electron chi connectivity index (χ1n) is 7.52. The van der Waals surface area contributed by atoms with Gasteiger partial charge >= 0.3 is 0 Å². The first-order chi connectivity index (χ1) is 11.5. The average Bonchev–Trinajstić information content (AvgIpc) is 2.55. The number of hydrogen-bond acceptors (Lipinski definition) is 3. The number of benzene rings is 2. The van der Waals surface area contributed by atoms with Crippen LogP contribution in [0.1, 0.15) is 24.2 Å². The van der Waals surface area contributed by atoms with Crippen LogP contribution in [0.3, 0.4) is 0 Å². The van der Waals surface area contributed by atoms with Crippen molar-refractivity contribution in [3.8, 4) is 0 Å². The van der Waals surface area contributed by atoms with Crippen molar-refractivity contribution in [2.24, 2.45) is 0 Å². The smallest absolute Gasteiger partial charge is 0.254 e. The predicted octanol–water partition coefficient (Wildman–Crippen LogP) is 3.69. The van der Waals surface area contributed by atoms with E-state index in [1.54, 1.807) is 11.8 Å². The van der Waals surface area contributed by atoms with Crippen LogP contribution in [0.4, 0.5) is 10.1 Å². The zero-order valence-corrected chi connectivity index (χ0v) is 14.3. The summed E-state index contributed by atoms with van der Waals surface area (Å²) < 4.78 is 13.9. The van der Waals surface area contributed by atoms with E-state index in [2.05, 4.69) is 10.6 Å². The van der Waals surface area contributed by atoms with Crippen LogP contribution in [0.15, 0.2) is 53.4 Å². The summed E-state index contributed by atoms with van der Waals surface area (Å²) >= 11 is 1.63. The standard InChI is InChI=1S/C18H19FN2O2S/c1-12(24-15-6-4-3-5-7-15)11-20-18(23)16-10-14(21-13(2)22)8-9-17(16)19/h3-10,12H,11H2,1-2H3,(H,20,23)(H,21,22). The minimum atomic E-state index is -0.620. The molecule has 24 heavy (non-hydrogen) atoms. The maximum Gasteiger partial charge on any atom is 0.254 e. The molecule has 2 amide bonds. The van der Waals surface area contributed by atoms with Gasteiger partial charge in [-0.05, 0) is 30.3 Å². The predicted molar refractivity (Wildman–Crippen MR) is 94.8 cm³/mol. The molecular weight excluding hydrogens is 327 g/mol. The van der Waals surface area contributed by atoms with Gasteiger partial charge in [-0.15, -0.1) is 11.8 Å². The van der Waals surface area contributed by atoms with Gasteiger partial charge in [-0.2, -0.15) is 0 Å². The zero-order valence-electron chi connectivity index (χ0n) is 13.5. The van der Waals surface area contributed by atoms with Crippen molar-refractivity contribution >= 4 is 29.3 Å². The Bertz CT molecular complexity index is 722. The highest BCUT2D eigenvalue weighted by atomic mass is 32.2. The topological polar surface area (TPSA) is 58.2 Å². The average molecular weight is 346 g/mol. The molecule has 0 heterocycles. The number of nitrogens with one attached hydrogen (secondary N) is 2. The van der Waals surface area contributed by atoms with Gasteiger partial charge in [0.05, 0.1) is 5.56 Å². The van der Waals surface area contributed by atoms with Crippen LogP contribution in [-0.2, 0) is 4.79 Å². The summed E-state index contributed by atoms with van der Waals surface area (Å²) in [6.45, 7) is 3.75. The first kappa shape index (κ1) is 18.0. The fourth-order valence-electron chi connectivity index (χ4n) is 2.08. The van der Waals surface area contributed by atoms with E-state index in [4.69, 9.17) is 0 Å². The molecular formula is C18H19FN2O2S. The number of carbonyl (C=O) groups excluding carboxylic acids is 2. The molecule has 0 aliphatic heterocycles. The number of halogens is 1. The van der Waals surface area contributed by atoms with E-state index >= 15 is 0 Å². The van der Waals surface area contributed by atoms with E-state index in [0.717, 1.165) is 4.90 Å². The lowest BCUT2D eigenvalue weighted by Gasteiger charge is -2.13. The van der Waals surface area contributed by atoms with Crippen LogP contribution in [0.25, 0.3) is 0 Å². The molecule has 126 valence electrons. The maximum absolute atomic E-state index is 13.9. The SMILES string of the molecule is CC(=O)Nc1ccc(F)c(C(=O)NCC(C)Sc2ccccc2)c1. The highest BCUT2D eigenvalue weighted by Crippen LogP contribution is 2.22. The molecule has 0 radical (unpaired) electrons. The molecule has 0 fully saturated rings. The Hall–Kier alpha value is -2.34. The lowest BCUT2D eigenvalue weighted by atomic mass is 10.1. The van der Waals surface area contributed by atoms with Crippen molar-refractivity contribution in [1.29, 1.82) is 0 Å². The van der Waals surface area contributed by atoms with Crippen LogP contribution in [0.5, 0.6) is 0 Å². The minimum Gasteiger partial charge on any atom is -0.351 e. The molecule has 2 aromatic carbocycles. The molecule has 0 aliphatic carbocycles. The van der Waals surface area contributed by atoms with Crippen LogP contribution < -0.4 is 10.6 Å². The molecule has 1 atom stereocenters. The molecule has 0 spiro atoms.